The van der Waals surface area contributed by atoms with Crippen LogP contribution in [0, 0.1) is 17.8 Å². The summed E-state index contributed by atoms with van der Waals surface area (Å²) in [6.45, 7) is 7.82. The highest BCUT2D eigenvalue weighted by Gasteiger charge is 2.43. The lowest BCUT2D eigenvalue weighted by Crippen LogP contribution is -2.24. The van der Waals surface area contributed by atoms with Gasteiger partial charge in [-0.3, -0.25) is 9.59 Å². The fraction of sp³-hybridized carbons (Fsp3) is 0.733. The third-order valence-electron chi connectivity index (χ3n) is 3.43. The number of ketones is 2. The smallest absolute Gasteiger partial charge is 0.176 e. The molecule has 2 N–H and O–H groups in total. The van der Waals surface area contributed by atoms with Crippen molar-refractivity contribution in [3.05, 3.63) is 11.3 Å². The molecule has 19 heavy (non-hydrogen) atoms. The largest absolute Gasteiger partial charge is 0.509 e. The van der Waals surface area contributed by atoms with Crippen LogP contribution in [0.5, 0.6) is 0 Å². The van der Waals surface area contributed by atoms with Gasteiger partial charge in [0.1, 0.15) is 17.4 Å². The van der Waals surface area contributed by atoms with Gasteiger partial charge in [0.2, 0.25) is 0 Å². The van der Waals surface area contributed by atoms with E-state index >= 15 is 0 Å². The Balaban J connectivity index is 2.83. The summed E-state index contributed by atoms with van der Waals surface area (Å²) in [6, 6.07) is 0. The fourth-order valence-electron chi connectivity index (χ4n) is 2.35. The number of carbonyl (C=O) groups is 2. The molecule has 0 aromatic heterocycles. The van der Waals surface area contributed by atoms with Crippen LogP contribution >= 0.6 is 0 Å². The van der Waals surface area contributed by atoms with Crippen LogP contribution in [0.1, 0.15) is 47.0 Å². The van der Waals surface area contributed by atoms with E-state index in [1.807, 2.05) is 27.7 Å². The SMILES string of the molecule is CC(C)CC[C@@H]1C(=O)C(C(=O)CC(C)C)=C(O)[C@@H]1O. The third kappa shape index (κ3) is 3.66. The van der Waals surface area contributed by atoms with E-state index in [0.29, 0.717) is 12.3 Å². The quantitative estimate of drug-likeness (QED) is 0.725. The van der Waals surface area contributed by atoms with Crippen LogP contribution in [0.4, 0.5) is 0 Å². The van der Waals surface area contributed by atoms with Crippen LogP contribution in [-0.2, 0) is 9.59 Å². The average molecular weight is 268 g/mol. The van der Waals surface area contributed by atoms with Crippen molar-refractivity contribution in [1.29, 1.82) is 0 Å². The van der Waals surface area contributed by atoms with Crippen molar-refractivity contribution in [2.75, 3.05) is 0 Å². The van der Waals surface area contributed by atoms with Gasteiger partial charge in [0.05, 0.1) is 5.92 Å². The number of aliphatic hydroxyl groups excluding tert-OH is 2. The maximum absolute atomic E-state index is 12.2. The molecule has 0 aliphatic heterocycles. The highest BCUT2D eigenvalue weighted by atomic mass is 16.3. The van der Waals surface area contributed by atoms with Crippen LogP contribution in [0.2, 0.25) is 0 Å². The molecule has 0 radical (unpaired) electrons. The van der Waals surface area contributed by atoms with E-state index in [1.165, 1.54) is 0 Å². The number of hydrogen-bond acceptors (Lipinski definition) is 4. The molecule has 1 rings (SSSR count). The van der Waals surface area contributed by atoms with Crippen molar-refractivity contribution in [3.63, 3.8) is 0 Å². The Bertz CT molecular complexity index is 393. The van der Waals surface area contributed by atoms with Crippen molar-refractivity contribution >= 4 is 11.6 Å². The molecule has 0 unspecified atom stereocenters. The zero-order valence-corrected chi connectivity index (χ0v) is 12.1. The molecule has 1 aliphatic carbocycles. The fourth-order valence-corrected chi connectivity index (χ4v) is 2.35. The summed E-state index contributed by atoms with van der Waals surface area (Å²) in [6.07, 6.45) is 0.291. The number of hydrogen-bond donors (Lipinski definition) is 2. The number of Topliss-reactive ketones (excluding diaryl/α,β-unsaturated/α-hetero) is 2. The molecule has 0 saturated carbocycles. The van der Waals surface area contributed by atoms with Crippen molar-refractivity contribution in [2.45, 2.75) is 53.1 Å². The van der Waals surface area contributed by atoms with Crippen LogP contribution in [0.15, 0.2) is 11.3 Å². The molecule has 4 nitrogen and oxygen atoms in total. The lowest BCUT2D eigenvalue weighted by Gasteiger charge is -2.14. The Labute approximate surface area is 114 Å². The lowest BCUT2D eigenvalue weighted by molar-refractivity contribution is -0.124. The van der Waals surface area contributed by atoms with Gasteiger partial charge in [-0.2, -0.15) is 0 Å². The maximum Gasteiger partial charge on any atom is 0.176 e. The van der Waals surface area contributed by atoms with Crippen molar-refractivity contribution < 1.29 is 19.8 Å². The Morgan fingerprint density at radius 2 is 1.79 bits per heavy atom. The summed E-state index contributed by atoms with van der Waals surface area (Å²) in [5.74, 6) is -1.30. The van der Waals surface area contributed by atoms with E-state index < -0.39 is 23.6 Å². The van der Waals surface area contributed by atoms with E-state index in [4.69, 9.17) is 0 Å². The first-order valence-electron chi connectivity index (χ1n) is 6.94. The second-order valence-corrected chi connectivity index (χ2v) is 6.17. The Kier molecular flexibility index (Phi) is 5.29. The van der Waals surface area contributed by atoms with E-state index in [1.54, 1.807) is 0 Å². The minimum Gasteiger partial charge on any atom is -0.509 e. The molecule has 1 aliphatic rings. The monoisotopic (exact) mass is 268 g/mol. The maximum atomic E-state index is 12.2. The van der Waals surface area contributed by atoms with Crippen molar-refractivity contribution in [1.82, 2.24) is 0 Å². The molecule has 4 heteroatoms. The van der Waals surface area contributed by atoms with E-state index in [0.717, 1.165) is 6.42 Å². The first kappa shape index (κ1) is 15.9. The minimum absolute atomic E-state index is 0.118. The van der Waals surface area contributed by atoms with Gasteiger partial charge in [-0.15, -0.1) is 0 Å². The van der Waals surface area contributed by atoms with Gasteiger partial charge in [0, 0.05) is 6.42 Å². The predicted octanol–water partition coefficient (Wildman–Crippen LogP) is 2.41. The number of allylic oxidation sites excluding steroid dienone is 1. The zero-order valence-electron chi connectivity index (χ0n) is 12.1. The van der Waals surface area contributed by atoms with Gasteiger partial charge < -0.3 is 10.2 Å². The van der Waals surface area contributed by atoms with Crippen LogP contribution < -0.4 is 0 Å². The summed E-state index contributed by atoms with van der Waals surface area (Å²) in [7, 11) is 0. The molecular weight excluding hydrogens is 244 g/mol. The second-order valence-electron chi connectivity index (χ2n) is 6.17. The lowest BCUT2D eigenvalue weighted by atomic mass is 9.91. The molecule has 2 atom stereocenters. The Hall–Kier alpha value is -1.16. The molecule has 0 spiro atoms. The van der Waals surface area contributed by atoms with Gasteiger partial charge >= 0.3 is 0 Å². The standard InChI is InChI=1S/C15H24O4/c1-8(2)5-6-10-13(17)12(15(19)14(10)18)11(16)7-9(3)4/h8-10,14,18-19H,5-7H2,1-4H3/t10-,14-/m1/s1. The molecule has 0 saturated heterocycles. The second kappa shape index (κ2) is 6.33. The normalized spacial score (nSPS) is 23.8. The van der Waals surface area contributed by atoms with Gasteiger partial charge in [0.25, 0.3) is 0 Å². The zero-order chi connectivity index (χ0) is 14.7. The number of carbonyl (C=O) groups excluding carboxylic acids is 2. The predicted molar refractivity (Wildman–Crippen MR) is 72.7 cm³/mol. The van der Waals surface area contributed by atoms with Gasteiger partial charge in [-0.05, 0) is 18.3 Å². The van der Waals surface area contributed by atoms with Crippen LogP contribution in [0.25, 0.3) is 0 Å². The Morgan fingerprint density at radius 1 is 1.21 bits per heavy atom. The molecule has 0 bridgehead atoms. The summed E-state index contributed by atoms with van der Waals surface area (Å²) < 4.78 is 0. The molecule has 0 heterocycles. The Morgan fingerprint density at radius 3 is 2.26 bits per heavy atom. The molecule has 0 aromatic carbocycles. The first-order chi connectivity index (χ1) is 8.75. The molecule has 108 valence electrons. The molecule has 0 amide bonds. The number of rotatable bonds is 6. The highest BCUT2D eigenvalue weighted by molar-refractivity contribution is 6.23. The topological polar surface area (TPSA) is 74.6 Å². The number of aliphatic hydroxyl groups is 2. The van der Waals surface area contributed by atoms with Gasteiger partial charge in [-0.1, -0.05) is 34.1 Å². The summed E-state index contributed by atoms with van der Waals surface area (Å²) in [4.78, 5) is 24.1. The minimum atomic E-state index is -1.21. The van der Waals surface area contributed by atoms with E-state index in [9.17, 15) is 19.8 Å². The van der Waals surface area contributed by atoms with Crippen LogP contribution in [0.3, 0.4) is 0 Å². The third-order valence-corrected chi connectivity index (χ3v) is 3.43. The molecular formula is C15H24O4. The molecule has 0 aromatic rings. The highest BCUT2D eigenvalue weighted by Crippen LogP contribution is 2.32. The molecule has 0 fully saturated rings. The van der Waals surface area contributed by atoms with Crippen molar-refractivity contribution in [2.24, 2.45) is 17.8 Å². The van der Waals surface area contributed by atoms with Crippen LogP contribution in [-0.4, -0.2) is 27.9 Å². The summed E-state index contributed by atoms with van der Waals surface area (Å²) in [5.41, 5.74) is -0.171. The van der Waals surface area contributed by atoms with Gasteiger partial charge in [0.15, 0.2) is 11.6 Å². The van der Waals surface area contributed by atoms with E-state index in [2.05, 4.69) is 0 Å². The summed E-state index contributed by atoms with van der Waals surface area (Å²) in [5, 5.41) is 19.7. The van der Waals surface area contributed by atoms with Crippen molar-refractivity contribution in [3.8, 4) is 0 Å². The first-order valence-corrected chi connectivity index (χ1v) is 6.94. The average Bonchev–Trinajstić information content (AvgIpc) is 2.47. The summed E-state index contributed by atoms with van der Waals surface area (Å²) >= 11 is 0. The van der Waals surface area contributed by atoms with E-state index in [-0.39, 0.29) is 23.7 Å². The van der Waals surface area contributed by atoms with Gasteiger partial charge in [-0.25, -0.2) is 0 Å².